The molecule has 1 atom stereocenters. The number of hydrogen-bond donors (Lipinski definition) is 1. The fourth-order valence-corrected chi connectivity index (χ4v) is 3.42. The number of ether oxygens (including phenoxy) is 1. The Hall–Kier alpha value is -1.36. The maximum atomic E-state index is 10.3. The molecule has 4 heteroatoms. The van der Waals surface area contributed by atoms with Gasteiger partial charge < -0.3 is 14.7 Å². The first-order valence-corrected chi connectivity index (χ1v) is 9.48. The van der Waals surface area contributed by atoms with Gasteiger partial charge in [-0.1, -0.05) is 37.1 Å². The number of aliphatic hydroxyl groups is 1. The van der Waals surface area contributed by atoms with Crippen molar-refractivity contribution in [2.24, 2.45) is 0 Å². The van der Waals surface area contributed by atoms with E-state index >= 15 is 0 Å². The van der Waals surface area contributed by atoms with Gasteiger partial charge in [0, 0.05) is 19.6 Å². The van der Waals surface area contributed by atoms with Gasteiger partial charge in [-0.15, -0.1) is 0 Å². The SMILES string of the molecule is C=C(C)CN(C)Cc1cccc(OCC(O)CN2CCCCCC2)c1. The minimum absolute atomic E-state index is 0.349. The van der Waals surface area contributed by atoms with Crippen molar-refractivity contribution < 1.29 is 9.84 Å². The van der Waals surface area contributed by atoms with Crippen molar-refractivity contribution in [1.29, 1.82) is 0 Å². The fraction of sp³-hybridized carbons (Fsp3) is 0.619. The van der Waals surface area contributed by atoms with Crippen molar-refractivity contribution in [3.63, 3.8) is 0 Å². The van der Waals surface area contributed by atoms with Crippen LogP contribution in [-0.4, -0.2) is 60.8 Å². The molecule has 0 aromatic heterocycles. The molecule has 2 rings (SSSR count). The molecule has 4 nitrogen and oxygen atoms in total. The second-order valence-corrected chi connectivity index (χ2v) is 7.46. The molecule has 1 heterocycles. The number of likely N-dealkylation sites (N-methyl/N-ethyl adjacent to an activating group) is 1. The van der Waals surface area contributed by atoms with Gasteiger partial charge in [0.15, 0.2) is 0 Å². The lowest BCUT2D eigenvalue weighted by atomic mass is 10.2. The summed E-state index contributed by atoms with van der Waals surface area (Å²) in [5.41, 5.74) is 2.37. The summed E-state index contributed by atoms with van der Waals surface area (Å²) >= 11 is 0. The maximum absolute atomic E-state index is 10.3. The van der Waals surface area contributed by atoms with Crippen molar-refractivity contribution in [2.45, 2.75) is 45.3 Å². The second-order valence-electron chi connectivity index (χ2n) is 7.46. The molecule has 0 aliphatic carbocycles. The first-order valence-electron chi connectivity index (χ1n) is 9.48. The molecule has 1 aromatic rings. The molecule has 0 radical (unpaired) electrons. The van der Waals surface area contributed by atoms with Gasteiger partial charge in [-0.3, -0.25) is 4.90 Å². The lowest BCUT2D eigenvalue weighted by molar-refractivity contribution is 0.0693. The number of likely N-dealkylation sites (tertiary alicyclic amines) is 1. The normalized spacial score (nSPS) is 17.3. The summed E-state index contributed by atoms with van der Waals surface area (Å²) in [7, 11) is 2.09. The number of rotatable bonds is 9. The van der Waals surface area contributed by atoms with E-state index in [-0.39, 0.29) is 0 Å². The third-order valence-electron chi connectivity index (χ3n) is 4.50. The van der Waals surface area contributed by atoms with Crippen LogP contribution in [0.1, 0.15) is 38.2 Å². The maximum Gasteiger partial charge on any atom is 0.119 e. The third kappa shape index (κ3) is 8.04. The van der Waals surface area contributed by atoms with Gasteiger partial charge in [-0.25, -0.2) is 0 Å². The zero-order valence-electron chi connectivity index (χ0n) is 15.9. The smallest absolute Gasteiger partial charge is 0.119 e. The fourth-order valence-electron chi connectivity index (χ4n) is 3.42. The molecule has 1 aliphatic rings. The summed E-state index contributed by atoms with van der Waals surface area (Å²) in [6.07, 6.45) is 4.68. The molecule has 0 saturated carbocycles. The zero-order chi connectivity index (χ0) is 18.1. The molecule has 140 valence electrons. The highest BCUT2D eigenvalue weighted by Crippen LogP contribution is 2.16. The first kappa shape index (κ1) is 20.0. The van der Waals surface area contributed by atoms with Gasteiger partial charge in [0.1, 0.15) is 18.5 Å². The Labute approximate surface area is 153 Å². The van der Waals surface area contributed by atoms with Crippen molar-refractivity contribution in [2.75, 3.05) is 39.8 Å². The molecule has 1 aliphatic heterocycles. The predicted molar refractivity (Wildman–Crippen MR) is 104 cm³/mol. The number of hydrogen-bond acceptors (Lipinski definition) is 4. The van der Waals surface area contributed by atoms with Crippen LogP contribution >= 0.6 is 0 Å². The van der Waals surface area contributed by atoms with Crippen LogP contribution in [0.4, 0.5) is 0 Å². The van der Waals surface area contributed by atoms with Gasteiger partial charge in [-0.05, 0) is 57.6 Å². The summed E-state index contributed by atoms with van der Waals surface area (Å²) in [6.45, 7) is 11.0. The third-order valence-corrected chi connectivity index (χ3v) is 4.50. The Morgan fingerprint density at radius 2 is 2.00 bits per heavy atom. The molecule has 0 bridgehead atoms. The van der Waals surface area contributed by atoms with E-state index in [1.807, 2.05) is 19.1 Å². The molecular weight excluding hydrogens is 312 g/mol. The van der Waals surface area contributed by atoms with Crippen LogP contribution in [0.3, 0.4) is 0 Å². The van der Waals surface area contributed by atoms with E-state index < -0.39 is 6.10 Å². The Morgan fingerprint density at radius 1 is 1.28 bits per heavy atom. The van der Waals surface area contributed by atoms with Crippen LogP contribution < -0.4 is 4.74 Å². The van der Waals surface area contributed by atoms with Crippen molar-refractivity contribution in [1.82, 2.24) is 9.80 Å². The van der Waals surface area contributed by atoms with Gasteiger partial charge in [0.05, 0.1) is 0 Å². The van der Waals surface area contributed by atoms with Crippen molar-refractivity contribution in [3.05, 3.63) is 42.0 Å². The van der Waals surface area contributed by atoms with Crippen LogP contribution in [0.25, 0.3) is 0 Å². The monoisotopic (exact) mass is 346 g/mol. The standard InChI is InChI=1S/C21H34N2O2/c1-18(2)14-22(3)15-19-9-8-10-21(13-19)25-17-20(24)16-23-11-6-4-5-7-12-23/h8-10,13,20,24H,1,4-7,11-12,14-17H2,2-3H3. The number of aliphatic hydroxyl groups excluding tert-OH is 1. The Bertz CT molecular complexity index is 524. The van der Waals surface area contributed by atoms with Crippen LogP contribution in [0.2, 0.25) is 0 Å². The molecule has 1 fully saturated rings. The van der Waals surface area contributed by atoms with Crippen LogP contribution in [0.15, 0.2) is 36.4 Å². The summed E-state index contributed by atoms with van der Waals surface area (Å²) in [6, 6.07) is 8.14. The van der Waals surface area contributed by atoms with E-state index in [0.29, 0.717) is 13.2 Å². The highest BCUT2D eigenvalue weighted by Gasteiger charge is 2.14. The quantitative estimate of drug-likeness (QED) is 0.696. The molecule has 1 aromatic carbocycles. The minimum Gasteiger partial charge on any atom is -0.491 e. The minimum atomic E-state index is -0.437. The van der Waals surface area contributed by atoms with E-state index in [9.17, 15) is 5.11 Å². The molecular formula is C21H34N2O2. The van der Waals surface area contributed by atoms with Crippen LogP contribution in [-0.2, 0) is 6.54 Å². The van der Waals surface area contributed by atoms with Gasteiger partial charge >= 0.3 is 0 Å². The second kappa shape index (κ2) is 10.6. The van der Waals surface area contributed by atoms with E-state index in [1.165, 1.54) is 31.2 Å². The average Bonchev–Trinajstić information content (AvgIpc) is 2.81. The molecule has 1 saturated heterocycles. The van der Waals surface area contributed by atoms with E-state index in [4.69, 9.17) is 4.74 Å². The van der Waals surface area contributed by atoms with E-state index in [0.717, 1.165) is 37.5 Å². The summed E-state index contributed by atoms with van der Waals surface area (Å²) < 4.78 is 5.83. The molecule has 0 spiro atoms. The Balaban J connectivity index is 1.77. The number of nitrogens with zero attached hydrogens (tertiary/aromatic N) is 2. The van der Waals surface area contributed by atoms with Crippen molar-refractivity contribution >= 4 is 0 Å². The molecule has 1 N–H and O–H groups in total. The lowest BCUT2D eigenvalue weighted by Crippen LogP contribution is -2.36. The number of benzene rings is 1. The summed E-state index contributed by atoms with van der Waals surface area (Å²) in [5.74, 6) is 0.830. The Morgan fingerprint density at radius 3 is 2.68 bits per heavy atom. The molecule has 1 unspecified atom stereocenters. The van der Waals surface area contributed by atoms with Gasteiger partial charge in [0.2, 0.25) is 0 Å². The lowest BCUT2D eigenvalue weighted by Gasteiger charge is -2.23. The van der Waals surface area contributed by atoms with E-state index in [1.54, 1.807) is 0 Å². The Kier molecular flexibility index (Phi) is 8.45. The highest BCUT2D eigenvalue weighted by atomic mass is 16.5. The predicted octanol–water partition coefficient (Wildman–Crippen LogP) is 3.31. The van der Waals surface area contributed by atoms with Crippen LogP contribution in [0, 0.1) is 0 Å². The topological polar surface area (TPSA) is 35.9 Å². The summed E-state index contributed by atoms with van der Waals surface area (Å²) in [4.78, 5) is 4.60. The molecule has 25 heavy (non-hydrogen) atoms. The van der Waals surface area contributed by atoms with Crippen molar-refractivity contribution in [3.8, 4) is 5.75 Å². The largest absolute Gasteiger partial charge is 0.491 e. The highest BCUT2D eigenvalue weighted by molar-refractivity contribution is 5.28. The number of β-amino-alcohol motifs (C(OH)–C–C–N with tert-alkyl or cyclic N) is 1. The van der Waals surface area contributed by atoms with E-state index in [2.05, 4.69) is 35.6 Å². The van der Waals surface area contributed by atoms with Gasteiger partial charge in [-0.2, -0.15) is 0 Å². The average molecular weight is 347 g/mol. The zero-order valence-corrected chi connectivity index (χ0v) is 15.9. The van der Waals surface area contributed by atoms with Crippen LogP contribution in [0.5, 0.6) is 5.75 Å². The summed E-state index contributed by atoms with van der Waals surface area (Å²) in [5, 5.41) is 10.3. The molecule has 0 amide bonds. The van der Waals surface area contributed by atoms with Gasteiger partial charge in [0.25, 0.3) is 0 Å². The first-order chi connectivity index (χ1) is 12.0.